The molecule has 8 heteroatoms. The molecule has 0 unspecified atom stereocenters. The number of guanidine groups is 1. The molecule has 2 rings (SSSR count). The smallest absolute Gasteiger partial charge is 0.191 e. The van der Waals surface area contributed by atoms with Crippen LogP contribution < -0.4 is 15.5 Å². The minimum Gasteiger partial charge on any atom is -0.393 e. The molecule has 1 aliphatic heterocycles. The van der Waals surface area contributed by atoms with Crippen LogP contribution in [0.2, 0.25) is 0 Å². The van der Waals surface area contributed by atoms with Gasteiger partial charge < -0.3 is 25.4 Å². The Balaban J connectivity index is 0.00000364. The normalized spacial score (nSPS) is 15.4. The molecule has 3 N–H and O–H groups in total. The molecular formula is C19H32FIN4O2. The number of nitrogens with one attached hydrogen (secondary N) is 2. The molecule has 1 aromatic carbocycles. The maximum Gasteiger partial charge on any atom is 0.191 e. The Labute approximate surface area is 178 Å². The lowest BCUT2D eigenvalue weighted by Crippen LogP contribution is -2.39. The molecule has 0 aliphatic carbocycles. The molecule has 27 heavy (non-hydrogen) atoms. The van der Waals surface area contributed by atoms with Crippen LogP contribution in [-0.2, 0) is 11.3 Å². The van der Waals surface area contributed by atoms with Crippen molar-refractivity contribution in [2.24, 2.45) is 4.99 Å². The van der Waals surface area contributed by atoms with Gasteiger partial charge in [0.25, 0.3) is 0 Å². The van der Waals surface area contributed by atoms with Gasteiger partial charge in [-0.2, -0.15) is 0 Å². The van der Waals surface area contributed by atoms with Gasteiger partial charge in [-0.15, -0.1) is 24.0 Å². The van der Waals surface area contributed by atoms with Crippen molar-refractivity contribution in [1.82, 2.24) is 10.6 Å². The Kier molecular flexibility index (Phi) is 11.6. The summed E-state index contributed by atoms with van der Waals surface area (Å²) in [5.41, 5.74) is 1.43. The van der Waals surface area contributed by atoms with Gasteiger partial charge in [0.2, 0.25) is 0 Å². The van der Waals surface area contributed by atoms with Crippen molar-refractivity contribution in [3.8, 4) is 0 Å². The summed E-state index contributed by atoms with van der Waals surface area (Å²) in [4.78, 5) is 6.49. The summed E-state index contributed by atoms with van der Waals surface area (Å²) >= 11 is 0. The molecule has 0 spiro atoms. The average Bonchev–Trinajstić information content (AvgIpc) is 2.64. The van der Waals surface area contributed by atoms with E-state index in [1.165, 1.54) is 0 Å². The van der Waals surface area contributed by atoms with Crippen LogP contribution >= 0.6 is 24.0 Å². The number of nitrogens with zero attached hydrogens (tertiary/aromatic N) is 2. The second kappa shape index (κ2) is 13.1. The van der Waals surface area contributed by atoms with Crippen LogP contribution in [0.5, 0.6) is 0 Å². The Morgan fingerprint density at radius 1 is 1.30 bits per heavy atom. The lowest BCUT2D eigenvalue weighted by Gasteiger charge is -2.31. The fraction of sp³-hybridized carbons (Fsp3) is 0.632. The van der Waals surface area contributed by atoms with Gasteiger partial charge in [-0.3, -0.25) is 0 Å². The van der Waals surface area contributed by atoms with E-state index in [2.05, 4.69) is 15.6 Å². The van der Waals surface area contributed by atoms with Crippen LogP contribution in [0, 0.1) is 5.82 Å². The number of halogens is 2. The summed E-state index contributed by atoms with van der Waals surface area (Å²) in [7, 11) is 0. The van der Waals surface area contributed by atoms with E-state index in [1.807, 2.05) is 30.9 Å². The van der Waals surface area contributed by atoms with Crippen molar-refractivity contribution >= 4 is 35.6 Å². The third kappa shape index (κ3) is 8.18. The molecular weight excluding hydrogens is 462 g/mol. The third-order valence-corrected chi connectivity index (χ3v) is 4.32. The fourth-order valence-corrected chi connectivity index (χ4v) is 2.91. The highest BCUT2D eigenvalue weighted by molar-refractivity contribution is 14.0. The van der Waals surface area contributed by atoms with Gasteiger partial charge >= 0.3 is 0 Å². The number of ether oxygens (including phenoxy) is 1. The van der Waals surface area contributed by atoms with E-state index in [9.17, 15) is 9.50 Å². The maximum absolute atomic E-state index is 14.5. The predicted molar refractivity (Wildman–Crippen MR) is 119 cm³/mol. The van der Waals surface area contributed by atoms with Crippen molar-refractivity contribution in [3.63, 3.8) is 0 Å². The Bertz CT molecular complexity index is 581. The number of hydrogen-bond donors (Lipinski definition) is 3. The van der Waals surface area contributed by atoms with E-state index in [1.54, 1.807) is 6.07 Å². The number of benzene rings is 1. The number of rotatable bonds is 8. The fourth-order valence-electron chi connectivity index (χ4n) is 2.91. The summed E-state index contributed by atoms with van der Waals surface area (Å²) in [6.07, 6.45) is 1.11. The number of aliphatic hydroxyl groups excluding tert-OH is 1. The van der Waals surface area contributed by atoms with Gasteiger partial charge in [-0.25, -0.2) is 9.38 Å². The van der Waals surface area contributed by atoms with E-state index in [4.69, 9.17) is 4.74 Å². The highest BCUT2D eigenvalue weighted by Gasteiger charge is 2.19. The van der Waals surface area contributed by atoms with Gasteiger partial charge in [0.1, 0.15) is 5.82 Å². The minimum absolute atomic E-state index is 0. The summed E-state index contributed by atoms with van der Waals surface area (Å²) in [6, 6.07) is 5.28. The number of hydrogen-bond acceptors (Lipinski definition) is 4. The molecule has 0 aromatic heterocycles. The van der Waals surface area contributed by atoms with E-state index in [0.29, 0.717) is 63.9 Å². The quantitative estimate of drug-likeness (QED) is 0.224. The zero-order valence-corrected chi connectivity index (χ0v) is 18.5. The number of aliphatic hydroxyl groups is 1. The first-order valence-electron chi connectivity index (χ1n) is 9.45. The first kappa shape index (κ1) is 23.9. The highest BCUT2D eigenvalue weighted by Crippen LogP contribution is 2.24. The molecule has 0 radical (unpaired) electrons. The van der Waals surface area contributed by atoms with E-state index in [0.717, 1.165) is 12.1 Å². The van der Waals surface area contributed by atoms with E-state index in [-0.39, 0.29) is 35.9 Å². The maximum atomic E-state index is 14.5. The second-order valence-electron chi connectivity index (χ2n) is 6.32. The van der Waals surface area contributed by atoms with Gasteiger partial charge in [-0.1, -0.05) is 6.07 Å². The molecule has 154 valence electrons. The first-order valence-corrected chi connectivity index (χ1v) is 9.45. The van der Waals surface area contributed by atoms with Gasteiger partial charge in [0.05, 0.1) is 24.9 Å². The Morgan fingerprint density at radius 2 is 2.04 bits per heavy atom. The zero-order chi connectivity index (χ0) is 18.8. The van der Waals surface area contributed by atoms with Gasteiger partial charge in [0, 0.05) is 32.8 Å². The SMILES string of the molecule is CCNC(=NCc1ccc(N2CCC(O)CC2)c(F)c1)NCCOCC.I. The molecule has 0 saturated carbocycles. The van der Waals surface area contributed by atoms with Crippen LogP contribution in [0.4, 0.5) is 10.1 Å². The highest BCUT2D eigenvalue weighted by atomic mass is 127. The van der Waals surface area contributed by atoms with Crippen molar-refractivity contribution in [2.45, 2.75) is 39.3 Å². The lowest BCUT2D eigenvalue weighted by atomic mass is 10.1. The first-order chi connectivity index (χ1) is 12.6. The molecule has 0 amide bonds. The van der Waals surface area contributed by atoms with Crippen molar-refractivity contribution in [3.05, 3.63) is 29.6 Å². The minimum atomic E-state index is -0.261. The number of aliphatic imine (C=N–C) groups is 1. The number of anilines is 1. The van der Waals surface area contributed by atoms with Crippen LogP contribution in [0.1, 0.15) is 32.3 Å². The van der Waals surface area contributed by atoms with Crippen molar-refractivity contribution in [2.75, 3.05) is 44.3 Å². The van der Waals surface area contributed by atoms with Crippen molar-refractivity contribution in [1.29, 1.82) is 0 Å². The van der Waals surface area contributed by atoms with Crippen LogP contribution in [0.25, 0.3) is 0 Å². The largest absolute Gasteiger partial charge is 0.393 e. The molecule has 0 bridgehead atoms. The number of piperidine rings is 1. The van der Waals surface area contributed by atoms with Crippen LogP contribution in [0.3, 0.4) is 0 Å². The van der Waals surface area contributed by atoms with Gasteiger partial charge in [-0.05, 0) is 44.4 Å². The summed E-state index contributed by atoms with van der Waals surface area (Å²) < 4.78 is 19.8. The van der Waals surface area contributed by atoms with E-state index >= 15 is 0 Å². The topological polar surface area (TPSA) is 69.1 Å². The van der Waals surface area contributed by atoms with Gasteiger partial charge in [0.15, 0.2) is 5.96 Å². The molecule has 1 aromatic rings. The summed E-state index contributed by atoms with van der Waals surface area (Å²) in [5, 5.41) is 16.0. The predicted octanol–water partition coefficient (Wildman–Crippen LogP) is 2.50. The van der Waals surface area contributed by atoms with Crippen LogP contribution in [0.15, 0.2) is 23.2 Å². The monoisotopic (exact) mass is 494 g/mol. The molecule has 1 aliphatic rings. The molecule has 1 fully saturated rings. The third-order valence-electron chi connectivity index (χ3n) is 4.32. The molecule has 6 nitrogen and oxygen atoms in total. The Hall–Kier alpha value is -1.13. The zero-order valence-electron chi connectivity index (χ0n) is 16.2. The van der Waals surface area contributed by atoms with E-state index < -0.39 is 0 Å². The summed E-state index contributed by atoms with van der Waals surface area (Å²) in [6.45, 7) is 8.48. The summed E-state index contributed by atoms with van der Waals surface area (Å²) in [5.74, 6) is 0.463. The van der Waals surface area contributed by atoms with Crippen molar-refractivity contribution < 1.29 is 14.2 Å². The second-order valence-corrected chi connectivity index (χ2v) is 6.32. The lowest BCUT2D eigenvalue weighted by molar-refractivity contribution is 0.145. The molecule has 1 saturated heterocycles. The molecule has 1 heterocycles. The molecule has 0 atom stereocenters. The van der Waals surface area contributed by atoms with Crippen LogP contribution in [-0.4, -0.2) is 56.6 Å². The Morgan fingerprint density at radius 3 is 2.67 bits per heavy atom. The standard InChI is InChI=1S/C19H31FN4O2.HI/c1-3-21-19(22-9-12-26-4-2)23-14-15-5-6-18(17(20)13-15)24-10-7-16(25)8-11-24;/h5-6,13,16,25H,3-4,7-12,14H2,1-2H3,(H2,21,22,23);1H. The average molecular weight is 494 g/mol.